The van der Waals surface area contributed by atoms with Crippen LogP contribution in [0.25, 0.3) is 0 Å². The Balaban J connectivity index is 1.93. The van der Waals surface area contributed by atoms with Crippen LogP contribution in [-0.2, 0) is 0 Å². The summed E-state index contributed by atoms with van der Waals surface area (Å²) in [6, 6.07) is 8.96. The molecular formula is C14H10BrClN4. The number of benzene rings is 1. The third-order valence-corrected chi connectivity index (χ3v) is 3.75. The van der Waals surface area contributed by atoms with Gasteiger partial charge in [-0.15, -0.1) is 0 Å². The summed E-state index contributed by atoms with van der Waals surface area (Å²) < 4.78 is 0.740. The molecule has 1 aromatic carbocycles. The lowest BCUT2D eigenvalue weighted by Crippen LogP contribution is -2.00. The highest BCUT2D eigenvalue weighted by Gasteiger charge is 2.27. The molecule has 4 nitrogen and oxygen atoms in total. The molecule has 1 fully saturated rings. The average Bonchev–Trinajstić information content (AvgIpc) is 3.25. The van der Waals surface area contributed by atoms with Crippen molar-refractivity contribution in [2.24, 2.45) is 0 Å². The van der Waals surface area contributed by atoms with Crippen LogP contribution in [0.5, 0.6) is 0 Å². The number of nitrogens with one attached hydrogen (secondary N) is 1. The van der Waals surface area contributed by atoms with Crippen LogP contribution in [0.1, 0.15) is 30.1 Å². The predicted octanol–water partition coefficient (Wildman–Crippen LogP) is 4.39. The molecule has 1 aliphatic rings. The van der Waals surface area contributed by atoms with Crippen LogP contribution in [0.4, 0.5) is 11.5 Å². The first-order valence-electron chi connectivity index (χ1n) is 6.17. The van der Waals surface area contributed by atoms with E-state index >= 15 is 0 Å². The predicted molar refractivity (Wildman–Crippen MR) is 81.2 cm³/mol. The van der Waals surface area contributed by atoms with Gasteiger partial charge >= 0.3 is 0 Å². The van der Waals surface area contributed by atoms with Crippen LogP contribution in [0.3, 0.4) is 0 Å². The van der Waals surface area contributed by atoms with Gasteiger partial charge in [0, 0.05) is 12.0 Å². The third-order valence-electron chi connectivity index (χ3n) is 3.01. The van der Waals surface area contributed by atoms with Gasteiger partial charge < -0.3 is 5.32 Å². The molecule has 1 heterocycles. The molecule has 0 saturated heterocycles. The number of nitrogens with zero attached hydrogens (tertiary/aromatic N) is 3. The largest absolute Gasteiger partial charge is 0.339 e. The Labute approximate surface area is 129 Å². The van der Waals surface area contributed by atoms with E-state index in [0.717, 1.165) is 23.3 Å². The number of anilines is 2. The minimum atomic E-state index is 0.467. The van der Waals surface area contributed by atoms with E-state index < -0.39 is 0 Å². The van der Waals surface area contributed by atoms with E-state index in [1.54, 1.807) is 24.3 Å². The van der Waals surface area contributed by atoms with E-state index in [1.165, 1.54) is 0 Å². The molecule has 0 bridgehead atoms. The van der Waals surface area contributed by atoms with Crippen LogP contribution >= 0.6 is 27.5 Å². The Morgan fingerprint density at radius 1 is 1.30 bits per heavy atom. The number of halogens is 2. The van der Waals surface area contributed by atoms with Gasteiger partial charge in [0.2, 0.25) is 0 Å². The lowest BCUT2D eigenvalue weighted by atomic mass is 10.2. The fourth-order valence-corrected chi connectivity index (χ4v) is 2.42. The quantitative estimate of drug-likeness (QED) is 0.835. The summed E-state index contributed by atoms with van der Waals surface area (Å²) in [7, 11) is 0. The molecule has 0 unspecified atom stereocenters. The van der Waals surface area contributed by atoms with E-state index in [2.05, 4.69) is 37.3 Å². The molecule has 1 aromatic heterocycles. The van der Waals surface area contributed by atoms with Crippen LogP contribution in [-0.4, -0.2) is 9.97 Å². The summed E-state index contributed by atoms with van der Waals surface area (Å²) >= 11 is 9.52. The Bertz CT molecular complexity index is 707. The summed E-state index contributed by atoms with van der Waals surface area (Å²) in [5, 5.41) is 12.6. The molecule has 0 radical (unpaired) electrons. The van der Waals surface area contributed by atoms with Gasteiger partial charge in [0.25, 0.3) is 0 Å². The second-order valence-corrected chi connectivity index (χ2v) is 5.86. The number of aromatic nitrogens is 2. The van der Waals surface area contributed by atoms with E-state index in [-0.39, 0.29) is 0 Å². The Morgan fingerprint density at radius 3 is 2.80 bits per heavy atom. The summed E-state index contributed by atoms with van der Waals surface area (Å²) in [4.78, 5) is 8.87. The van der Waals surface area contributed by atoms with E-state index in [4.69, 9.17) is 16.9 Å². The lowest BCUT2D eigenvalue weighted by Gasteiger charge is -2.09. The van der Waals surface area contributed by atoms with Crippen molar-refractivity contribution in [1.82, 2.24) is 9.97 Å². The lowest BCUT2D eigenvalue weighted by molar-refractivity contribution is 0.919. The minimum absolute atomic E-state index is 0.467. The third kappa shape index (κ3) is 2.92. The monoisotopic (exact) mass is 348 g/mol. The van der Waals surface area contributed by atoms with E-state index in [9.17, 15) is 0 Å². The zero-order valence-corrected chi connectivity index (χ0v) is 12.7. The fraction of sp³-hybridized carbons (Fsp3) is 0.214. The molecule has 0 atom stereocenters. The van der Waals surface area contributed by atoms with Crippen molar-refractivity contribution < 1.29 is 0 Å². The maximum absolute atomic E-state index is 8.93. The highest BCUT2D eigenvalue weighted by molar-refractivity contribution is 9.10. The molecule has 0 amide bonds. The van der Waals surface area contributed by atoms with E-state index in [0.29, 0.717) is 28.0 Å². The number of hydrogen-bond acceptors (Lipinski definition) is 4. The van der Waals surface area contributed by atoms with E-state index in [1.807, 2.05) is 0 Å². The average molecular weight is 350 g/mol. The molecule has 0 aliphatic heterocycles. The summed E-state index contributed by atoms with van der Waals surface area (Å²) in [5.74, 6) is 1.98. The molecule has 0 spiro atoms. The van der Waals surface area contributed by atoms with Crippen molar-refractivity contribution in [3.05, 3.63) is 45.3 Å². The minimum Gasteiger partial charge on any atom is -0.339 e. The number of nitriles is 1. The Morgan fingerprint density at radius 2 is 2.10 bits per heavy atom. The van der Waals surface area contributed by atoms with Gasteiger partial charge in [0.05, 0.1) is 22.3 Å². The maximum atomic E-state index is 8.93. The molecule has 1 saturated carbocycles. The van der Waals surface area contributed by atoms with Crippen molar-refractivity contribution in [1.29, 1.82) is 5.26 Å². The van der Waals surface area contributed by atoms with Crippen LogP contribution < -0.4 is 5.32 Å². The molecule has 1 N–H and O–H groups in total. The van der Waals surface area contributed by atoms with Crippen LogP contribution in [0.2, 0.25) is 5.02 Å². The van der Waals surface area contributed by atoms with Gasteiger partial charge in [-0.25, -0.2) is 9.97 Å². The standard InChI is InChI=1S/C14H10BrClN4/c15-12-6-13(20-14(19-12)9-2-3-9)18-11-5-8(7-17)1-4-10(11)16/h1,4-6,9H,2-3H2,(H,18,19,20). The topological polar surface area (TPSA) is 61.6 Å². The van der Waals surface area contributed by atoms with Crippen molar-refractivity contribution in [3.8, 4) is 6.07 Å². The van der Waals surface area contributed by atoms with Crippen molar-refractivity contribution in [2.45, 2.75) is 18.8 Å². The Kier molecular flexibility index (Phi) is 3.60. The van der Waals surface area contributed by atoms with Gasteiger partial charge in [-0.2, -0.15) is 5.26 Å². The molecule has 6 heteroatoms. The molecule has 3 rings (SSSR count). The second-order valence-electron chi connectivity index (χ2n) is 4.64. The first-order valence-corrected chi connectivity index (χ1v) is 7.34. The summed E-state index contributed by atoms with van der Waals surface area (Å²) in [5.41, 5.74) is 1.21. The summed E-state index contributed by atoms with van der Waals surface area (Å²) in [6.45, 7) is 0. The zero-order chi connectivity index (χ0) is 14.1. The molecule has 100 valence electrons. The van der Waals surface area contributed by atoms with Gasteiger partial charge in [0.1, 0.15) is 16.2 Å². The fourth-order valence-electron chi connectivity index (χ4n) is 1.85. The van der Waals surface area contributed by atoms with Gasteiger partial charge in [-0.05, 0) is 47.0 Å². The molecule has 2 aromatic rings. The smallest absolute Gasteiger partial charge is 0.135 e. The number of rotatable bonds is 3. The molecular weight excluding hydrogens is 340 g/mol. The highest BCUT2D eigenvalue weighted by Crippen LogP contribution is 2.39. The normalized spacial score (nSPS) is 13.8. The van der Waals surface area contributed by atoms with Crippen LogP contribution in [0, 0.1) is 11.3 Å². The van der Waals surface area contributed by atoms with Crippen molar-refractivity contribution in [3.63, 3.8) is 0 Å². The maximum Gasteiger partial charge on any atom is 0.135 e. The van der Waals surface area contributed by atoms with Crippen molar-refractivity contribution in [2.75, 3.05) is 5.32 Å². The van der Waals surface area contributed by atoms with Crippen LogP contribution in [0.15, 0.2) is 28.9 Å². The van der Waals surface area contributed by atoms with Gasteiger partial charge in [-0.1, -0.05) is 11.6 Å². The first kappa shape index (κ1) is 13.3. The Hall–Kier alpha value is -1.64. The highest BCUT2D eigenvalue weighted by atomic mass is 79.9. The van der Waals surface area contributed by atoms with Crippen molar-refractivity contribution >= 4 is 39.0 Å². The zero-order valence-electron chi connectivity index (χ0n) is 10.4. The number of hydrogen-bond donors (Lipinski definition) is 1. The van der Waals surface area contributed by atoms with Gasteiger partial charge in [-0.3, -0.25) is 0 Å². The second kappa shape index (κ2) is 5.39. The molecule has 20 heavy (non-hydrogen) atoms. The molecule has 1 aliphatic carbocycles. The summed E-state index contributed by atoms with van der Waals surface area (Å²) in [6.07, 6.45) is 2.28. The first-order chi connectivity index (χ1) is 9.65. The SMILES string of the molecule is N#Cc1ccc(Cl)c(Nc2cc(Br)nc(C3CC3)n2)c1. The van der Waals surface area contributed by atoms with Gasteiger partial charge in [0.15, 0.2) is 0 Å².